The Morgan fingerprint density at radius 1 is 1.08 bits per heavy atom. The van der Waals surface area contributed by atoms with Crippen molar-refractivity contribution in [1.82, 2.24) is 5.32 Å². The fraction of sp³-hybridized carbons (Fsp3) is 0.211. The number of carbonyl (C=O) groups excluding carboxylic acids is 1. The first-order valence-corrected chi connectivity index (χ1v) is 7.92. The summed E-state index contributed by atoms with van der Waals surface area (Å²) in [4.78, 5) is 11.9. The minimum atomic E-state index is -0.140. The number of benzene rings is 2. The summed E-state index contributed by atoms with van der Waals surface area (Å²) in [6.07, 6.45) is 4.00. The van der Waals surface area contributed by atoms with Crippen LogP contribution in [0.4, 0.5) is 0 Å². The third-order valence-electron chi connectivity index (χ3n) is 3.46. The maximum absolute atomic E-state index is 11.9. The SMILES string of the molecule is COc1ccc(/C=C/C(=O)NCCc2ccc(Cl)cc2)cc1OC. The fourth-order valence-electron chi connectivity index (χ4n) is 2.17. The molecule has 2 aromatic rings. The Morgan fingerprint density at radius 2 is 1.79 bits per heavy atom. The lowest BCUT2D eigenvalue weighted by Crippen LogP contribution is -2.23. The number of halogens is 1. The minimum Gasteiger partial charge on any atom is -0.493 e. The second kappa shape index (κ2) is 8.99. The monoisotopic (exact) mass is 345 g/mol. The molecule has 0 bridgehead atoms. The van der Waals surface area contributed by atoms with E-state index in [1.165, 1.54) is 6.08 Å². The molecule has 2 aromatic carbocycles. The van der Waals surface area contributed by atoms with Gasteiger partial charge in [-0.25, -0.2) is 0 Å². The highest BCUT2D eigenvalue weighted by atomic mass is 35.5. The summed E-state index contributed by atoms with van der Waals surface area (Å²) in [6, 6.07) is 13.1. The van der Waals surface area contributed by atoms with Crippen LogP contribution >= 0.6 is 11.6 Å². The molecule has 0 aromatic heterocycles. The van der Waals surface area contributed by atoms with Crippen molar-refractivity contribution in [3.05, 3.63) is 64.7 Å². The molecule has 0 spiro atoms. The summed E-state index contributed by atoms with van der Waals surface area (Å²) in [7, 11) is 3.16. The number of amides is 1. The van der Waals surface area contributed by atoms with Crippen LogP contribution in [0.2, 0.25) is 5.02 Å². The van der Waals surface area contributed by atoms with Crippen LogP contribution in [-0.2, 0) is 11.2 Å². The van der Waals surface area contributed by atoms with Gasteiger partial charge in [0, 0.05) is 17.6 Å². The van der Waals surface area contributed by atoms with Crippen molar-refractivity contribution in [3.8, 4) is 11.5 Å². The van der Waals surface area contributed by atoms with Crippen molar-refractivity contribution in [2.75, 3.05) is 20.8 Å². The van der Waals surface area contributed by atoms with Crippen LogP contribution in [-0.4, -0.2) is 26.7 Å². The molecule has 0 aliphatic rings. The van der Waals surface area contributed by atoms with E-state index in [2.05, 4.69) is 5.32 Å². The van der Waals surface area contributed by atoms with Crippen molar-refractivity contribution < 1.29 is 14.3 Å². The third-order valence-corrected chi connectivity index (χ3v) is 3.71. The Kier molecular flexibility index (Phi) is 6.70. The van der Waals surface area contributed by atoms with Crippen LogP contribution in [0.3, 0.4) is 0 Å². The Balaban J connectivity index is 1.85. The van der Waals surface area contributed by atoms with Crippen LogP contribution in [0.15, 0.2) is 48.5 Å². The minimum absolute atomic E-state index is 0.140. The van der Waals surface area contributed by atoms with E-state index in [9.17, 15) is 4.79 Å². The number of carbonyl (C=O) groups is 1. The molecule has 0 heterocycles. The molecule has 0 atom stereocenters. The van der Waals surface area contributed by atoms with Gasteiger partial charge in [0.05, 0.1) is 14.2 Å². The largest absolute Gasteiger partial charge is 0.493 e. The molecule has 2 rings (SSSR count). The van der Waals surface area contributed by atoms with Gasteiger partial charge in [0.15, 0.2) is 11.5 Å². The zero-order valence-corrected chi connectivity index (χ0v) is 14.5. The Morgan fingerprint density at radius 3 is 2.46 bits per heavy atom. The van der Waals surface area contributed by atoms with E-state index in [-0.39, 0.29) is 5.91 Å². The predicted molar refractivity (Wildman–Crippen MR) is 96.7 cm³/mol. The molecule has 0 saturated heterocycles. The summed E-state index contributed by atoms with van der Waals surface area (Å²) >= 11 is 5.84. The molecule has 126 valence electrons. The van der Waals surface area contributed by atoms with Gasteiger partial charge in [0.1, 0.15) is 0 Å². The van der Waals surface area contributed by atoms with Crippen molar-refractivity contribution in [2.45, 2.75) is 6.42 Å². The van der Waals surface area contributed by atoms with Gasteiger partial charge in [0.25, 0.3) is 0 Å². The Hall–Kier alpha value is -2.46. The van der Waals surface area contributed by atoms with Crippen LogP contribution in [0.5, 0.6) is 11.5 Å². The van der Waals surface area contributed by atoms with Gasteiger partial charge in [-0.15, -0.1) is 0 Å². The molecule has 0 aliphatic carbocycles. The Bertz CT molecular complexity index is 711. The molecule has 0 fully saturated rings. The number of nitrogens with one attached hydrogen (secondary N) is 1. The van der Waals surface area contributed by atoms with Gasteiger partial charge >= 0.3 is 0 Å². The van der Waals surface area contributed by atoms with E-state index in [0.29, 0.717) is 23.1 Å². The average Bonchev–Trinajstić information content (AvgIpc) is 2.61. The first-order valence-electron chi connectivity index (χ1n) is 7.55. The maximum Gasteiger partial charge on any atom is 0.244 e. The summed E-state index contributed by atoms with van der Waals surface area (Å²) in [5.41, 5.74) is 1.99. The highest BCUT2D eigenvalue weighted by molar-refractivity contribution is 6.30. The smallest absolute Gasteiger partial charge is 0.244 e. The molecular weight excluding hydrogens is 326 g/mol. The molecule has 1 amide bonds. The zero-order valence-electron chi connectivity index (χ0n) is 13.7. The molecular formula is C19H20ClNO3. The second-order valence-electron chi connectivity index (χ2n) is 5.12. The average molecular weight is 346 g/mol. The fourth-order valence-corrected chi connectivity index (χ4v) is 2.29. The molecule has 0 aliphatic heterocycles. The van der Waals surface area contributed by atoms with Crippen LogP contribution in [0.25, 0.3) is 6.08 Å². The van der Waals surface area contributed by atoms with Crippen molar-refractivity contribution in [2.24, 2.45) is 0 Å². The zero-order chi connectivity index (χ0) is 17.4. The van der Waals surface area contributed by atoms with Crippen LogP contribution in [0, 0.1) is 0 Å². The first kappa shape index (κ1) is 17.9. The topological polar surface area (TPSA) is 47.6 Å². The van der Waals surface area contributed by atoms with Gasteiger partial charge in [-0.2, -0.15) is 0 Å². The van der Waals surface area contributed by atoms with E-state index in [1.807, 2.05) is 36.4 Å². The van der Waals surface area contributed by atoms with E-state index >= 15 is 0 Å². The van der Waals surface area contributed by atoms with Gasteiger partial charge in [-0.1, -0.05) is 29.8 Å². The normalized spacial score (nSPS) is 10.6. The highest BCUT2D eigenvalue weighted by Gasteiger charge is 2.03. The quantitative estimate of drug-likeness (QED) is 0.778. The summed E-state index contributed by atoms with van der Waals surface area (Å²) < 4.78 is 10.4. The van der Waals surface area contributed by atoms with E-state index in [1.54, 1.807) is 26.4 Å². The van der Waals surface area contributed by atoms with Crippen molar-refractivity contribution in [1.29, 1.82) is 0 Å². The summed E-state index contributed by atoms with van der Waals surface area (Å²) in [6.45, 7) is 0.566. The van der Waals surface area contributed by atoms with Crippen LogP contribution < -0.4 is 14.8 Å². The molecule has 5 heteroatoms. The second-order valence-corrected chi connectivity index (χ2v) is 5.55. The molecule has 24 heavy (non-hydrogen) atoms. The third kappa shape index (κ3) is 5.32. The lowest BCUT2D eigenvalue weighted by atomic mass is 10.1. The van der Waals surface area contributed by atoms with Crippen LogP contribution in [0.1, 0.15) is 11.1 Å². The molecule has 0 radical (unpaired) electrons. The Labute approximate surface area is 147 Å². The number of rotatable bonds is 7. The number of hydrogen-bond acceptors (Lipinski definition) is 3. The summed E-state index contributed by atoms with van der Waals surface area (Å²) in [5, 5.41) is 3.56. The van der Waals surface area contributed by atoms with Gasteiger partial charge in [-0.05, 0) is 47.9 Å². The predicted octanol–water partition coefficient (Wildman–Crippen LogP) is 3.73. The van der Waals surface area contributed by atoms with Gasteiger partial charge < -0.3 is 14.8 Å². The standard InChI is InChI=1S/C19H20ClNO3/c1-23-17-9-5-15(13-18(17)24-2)6-10-19(22)21-12-11-14-3-7-16(20)8-4-14/h3-10,13H,11-12H2,1-2H3,(H,21,22)/b10-6+. The lowest BCUT2D eigenvalue weighted by Gasteiger charge is -2.07. The number of ether oxygens (including phenoxy) is 2. The number of methoxy groups -OCH3 is 2. The molecule has 0 saturated carbocycles. The lowest BCUT2D eigenvalue weighted by molar-refractivity contribution is -0.116. The first-order chi connectivity index (χ1) is 11.6. The van der Waals surface area contributed by atoms with E-state index < -0.39 is 0 Å². The van der Waals surface area contributed by atoms with Gasteiger partial charge in [0.2, 0.25) is 5.91 Å². The maximum atomic E-state index is 11.9. The molecule has 4 nitrogen and oxygen atoms in total. The molecule has 1 N–H and O–H groups in total. The summed E-state index contributed by atoms with van der Waals surface area (Å²) in [5.74, 6) is 1.14. The molecule has 0 unspecified atom stereocenters. The van der Waals surface area contributed by atoms with E-state index in [0.717, 1.165) is 17.5 Å². The van der Waals surface area contributed by atoms with E-state index in [4.69, 9.17) is 21.1 Å². The highest BCUT2D eigenvalue weighted by Crippen LogP contribution is 2.27. The van der Waals surface area contributed by atoms with Gasteiger partial charge in [-0.3, -0.25) is 4.79 Å². The number of hydrogen-bond donors (Lipinski definition) is 1. The van der Waals surface area contributed by atoms with Crippen molar-refractivity contribution >= 4 is 23.6 Å². The van der Waals surface area contributed by atoms with Crippen molar-refractivity contribution in [3.63, 3.8) is 0 Å².